The second-order valence-electron chi connectivity index (χ2n) is 9.11. The molecule has 0 saturated carbocycles. The van der Waals surface area contributed by atoms with Gasteiger partial charge in [-0.25, -0.2) is 0 Å². The molecule has 0 radical (unpaired) electrons. The van der Waals surface area contributed by atoms with E-state index in [0.717, 1.165) is 77.7 Å². The van der Waals surface area contributed by atoms with Crippen LogP contribution in [0.4, 0.5) is 0 Å². The number of ether oxygens (including phenoxy) is 2. The number of rotatable bonds is 28. The van der Waals surface area contributed by atoms with E-state index in [2.05, 4.69) is 46.9 Å². The Morgan fingerprint density at radius 1 is 0.514 bits per heavy atom. The van der Waals surface area contributed by atoms with E-state index < -0.39 is 18.6 Å². The van der Waals surface area contributed by atoms with Crippen molar-refractivity contribution in [2.75, 3.05) is 52.7 Å². The van der Waals surface area contributed by atoms with Crippen molar-refractivity contribution in [2.45, 2.75) is 117 Å². The Bertz CT molecular complexity index is 377. The minimum atomic E-state index is -1.41. The fourth-order valence-corrected chi connectivity index (χ4v) is 7.47. The van der Waals surface area contributed by atoms with Gasteiger partial charge < -0.3 is 32.5 Å². The zero-order chi connectivity index (χ0) is 26.0. The number of nitrogens with one attached hydrogen (secondary N) is 1. The van der Waals surface area contributed by atoms with Gasteiger partial charge in [0.15, 0.2) is 0 Å². The highest BCUT2D eigenvalue weighted by Gasteiger charge is 2.12. The van der Waals surface area contributed by atoms with Crippen molar-refractivity contribution in [3.63, 3.8) is 0 Å². The van der Waals surface area contributed by atoms with Gasteiger partial charge in [-0.3, -0.25) is 0 Å². The van der Waals surface area contributed by atoms with Crippen LogP contribution in [0.1, 0.15) is 92.9 Å². The summed E-state index contributed by atoms with van der Waals surface area (Å²) in [6.45, 7) is 19.0. The number of unbranched alkanes of at least 4 members (excludes halogenated alkanes) is 6. The van der Waals surface area contributed by atoms with Gasteiger partial charge >= 0.3 is 18.6 Å². The van der Waals surface area contributed by atoms with Crippen molar-refractivity contribution in [3.8, 4) is 0 Å². The summed E-state index contributed by atoms with van der Waals surface area (Å²) >= 11 is 0. The summed E-state index contributed by atoms with van der Waals surface area (Å²) in [6.07, 6.45) is 10.0. The third-order valence-corrected chi connectivity index (χ3v) is 10.3. The molecule has 0 spiro atoms. The molecule has 0 aromatic carbocycles. The summed E-state index contributed by atoms with van der Waals surface area (Å²) in [4.78, 5) is 0. The van der Waals surface area contributed by atoms with Crippen LogP contribution in [-0.4, -0.2) is 83.5 Å². The molecule has 0 amide bonds. The molecule has 0 aliphatic rings. The van der Waals surface area contributed by atoms with E-state index in [1.54, 1.807) is 0 Å². The first-order chi connectivity index (χ1) is 17.1. The van der Waals surface area contributed by atoms with Crippen LogP contribution in [0.3, 0.4) is 0 Å². The zero-order valence-corrected chi connectivity index (χ0v) is 26.3. The van der Waals surface area contributed by atoms with E-state index in [1.165, 1.54) is 38.5 Å². The highest BCUT2D eigenvalue weighted by atomic mass is 28.3. The van der Waals surface area contributed by atoms with E-state index in [-0.39, 0.29) is 12.2 Å². The molecule has 0 saturated heterocycles. The van der Waals surface area contributed by atoms with Crippen molar-refractivity contribution in [3.05, 3.63) is 0 Å². The van der Waals surface area contributed by atoms with E-state index in [1.807, 2.05) is 0 Å². The molecule has 0 aromatic rings. The van der Waals surface area contributed by atoms with Crippen LogP contribution in [0.2, 0.25) is 12.1 Å². The van der Waals surface area contributed by atoms with Gasteiger partial charge in [-0.05, 0) is 66.5 Å². The molecule has 0 bridgehead atoms. The Balaban J connectivity index is 3.51. The molecule has 0 heterocycles. The van der Waals surface area contributed by atoms with Gasteiger partial charge in [0.2, 0.25) is 0 Å². The predicted octanol–water partition coefficient (Wildman–Crippen LogP) is 5.09. The molecule has 212 valence electrons. The van der Waals surface area contributed by atoms with Crippen LogP contribution < -0.4 is 5.32 Å². The number of hydrogen-bond acceptors (Lipinski definition) is 7. The third-order valence-electron chi connectivity index (χ3n) is 5.75. The molecule has 0 aliphatic carbocycles. The van der Waals surface area contributed by atoms with Gasteiger partial charge in [-0.15, -0.1) is 0 Å². The van der Waals surface area contributed by atoms with Crippen molar-refractivity contribution in [1.29, 1.82) is 0 Å². The lowest BCUT2D eigenvalue weighted by atomic mass is 10.2. The molecular weight excluding hydrogens is 478 g/mol. The highest BCUT2D eigenvalue weighted by Crippen LogP contribution is 2.10. The molecule has 1 N–H and O–H groups in total. The molecule has 0 fully saturated rings. The largest absolute Gasteiger partial charge is 0.397 e. The maximum Gasteiger partial charge on any atom is 0.321 e. The first kappa shape index (κ1) is 35.2. The second-order valence-corrected chi connectivity index (χ2v) is 13.3. The van der Waals surface area contributed by atoms with Crippen LogP contribution in [0.5, 0.6) is 0 Å². The van der Waals surface area contributed by atoms with E-state index in [4.69, 9.17) is 27.2 Å². The predicted molar refractivity (Wildman–Crippen MR) is 151 cm³/mol. The van der Waals surface area contributed by atoms with Crippen LogP contribution >= 0.6 is 0 Å². The molecule has 7 nitrogen and oxygen atoms in total. The average molecular weight is 538 g/mol. The molecule has 9 heteroatoms. The topological polar surface area (TPSA) is 67.4 Å². The van der Waals surface area contributed by atoms with Gasteiger partial charge in [-0.2, -0.15) is 0 Å². The van der Waals surface area contributed by atoms with Crippen LogP contribution in [0.15, 0.2) is 0 Å². The molecule has 2 unspecified atom stereocenters. The summed E-state index contributed by atoms with van der Waals surface area (Å²) in [5, 5.41) is 3.48. The highest BCUT2D eigenvalue weighted by molar-refractivity contribution is 6.44. The SMILES string of the molecule is CCO[SiH](CCCCCCOC(C)CNCC(C)OCCCCCC[SiH](OCC)OCC)OCC. The van der Waals surface area contributed by atoms with Gasteiger partial charge in [0.25, 0.3) is 0 Å². The van der Waals surface area contributed by atoms with E-state index in [0.29, 0.717) is 0 Å². The smallest absolute Gasteiger partial charge is 0.321 e. The second kappa shape index (κ2) is 27.2. The van der Waals surface area contributed by atoms with E-state index >= 15 is 0 Å². The lowest BCUT2D eigenvalue weighted by Gasteiger charge is -2.17. The summed E-state index contributed by atoms with van der Waals surface area (Å²) in [5.41, 5.74) is 0. The molecular formula is C26H59NO6Si2. The molecule has 0 rings (SSSR count). The first-order valence-corrected chi connectivity index (χ1v) is 18.0. The van der Waals surface area contributed by atoms with Gasteiger partial charge in [0.1, 0.15) is 0 Å². The van der Waals surface area contributed by atoms with Crippen molar-refractivity contribution in [1.82, 2.24) is 5.32 Å². The monoisotopic (exact) mass is 537 g/mol. The zero-order valence-electron chi connectivity index (χ0n) is 24.0. The lowest BCUT2D eigenvalue weighted by molar-refractivity contribution is 0.0464. The Hall–Kier alpha value is 0.154. The molecule has 35 heavy (non-hydrogen) atoms. The fourth-order valence-electron chi connectivity index (χ4n) is 3.88. The first-order valence-electron chi connectivity index (χ1n) is 14.5. The summed E-state index contributed by atoms with van der Waals surface area (Å²) in [7, 11) is -2.82. The standard InChI is InChI=1S/C26H59NO6Si2/c1-7-30-34(31-8-2)21-17-13-11-15-19-28-25(5)23-27-24-26(6)29-20-16-12-14-18-22-35(32-9-3)33-10-4/h25-27,34-35H,7-24H2,1-6H3. The Morgan fingerprint density at radius 3 is 1.20 bits per heavy atom. The van der Waals surface area contributed by atoms with Crippen LogP contribution in [0.25, 0.3) is 0 Å². The van der Waals surface area contributed by atoms with Crippen molar-refractivity contribution in [2.24, 2.45) is 0 Å². The lowest BCUT2D eigenvalue weighted by Crippen LogP contribution is -2.33. The van der Waals surface area contributed by atoms with Crippen LogP contribution in [-0.2, 0) is 27.2 Å². The van der Waals surface area contributed by atoms with E-state index in [9.17, 15) is 0 Å². The maximum atomic E-state index is 5.95. The van der Waals surface area contributed by atoms with Gasteiger partial charge in [0, 0.05) is 52.7 Å². The quantitative estimate of drug-likeness (QED) is 0.110. The summed E-state index contributed by atoms with van der Waals surface area (Å²) in [5.74, 6) is 0. The summed E-state index contributed by atoms with van der Waals surface area (Å²) in [6, 6.07) is 2.24. The maximum absolute atomic E-state index is 5.95. The third kappa shape index (κ3) is 24.3. The van der Waals surface area contributed by atoms with Crippen LogP contribution in [0, 0.1) is 0 Å². The van der Waals surface area contributed by atoms with Crippen molar-refractivity contribution >= 4 is 18.6 Å². The number of hydrogen-bond donors (Lipinski definition) is 1. The Kier molecular flexibility index (Phi) is 27.3. The molecule has 0 aliphatic heterocycles. The normalized spacial score (nSPS) is 13.7. The van der Waals surface area contributed by atoms with Gasteiger partial charge in [0.05, 0.1) is 12.2 Å². The minimum Gasteiger partial charge on any atom is -0.397 e. The van der Waals surface area contributed by atoms with Gasteiger partial charge in [-0.1, -0.05) is 38.5 Å². The fraction of sp³-hybridized carbons (Fsp3) is 1.00. The molecule has 0 aromatic heterocycles. The average Bonchev–Trinajstić information content (AvgIpc) is 2.83. The Morgan fingerprint density at radius 2 is 0.857 bits per heavy atom. The van der Waals surface area contributed by atoms with Crippen molar-refractivity contribution < 1.29 is 27.2 Å². The minimum absolute atomic E-state index is 0.232. The Labute approximate surface area is 221 Å². The summed E-state index contributed by atoms with van der Waals surface area (Å²) < 4.78 is 34.8. The molecule has 2 atom stereocenters.